The molecule has 0 amide bonds. The van der Waals surface area contributed by atoms with E-state index in [4.69, 9.17) is 23.7 Å². The molecule has 1 fully saturated rings. The number of ether oxygens (including phenoxy) is 6. The van der Waals surface area contributed by atoms with Crippen LogP contribution < -0.4 is 4.74 Å². The van der Waals surface area contributed by atoms with Crippen LogP contribution >= 0.6 is 0 Å². The Morgan fingerprint density at radius 1 is 0.875 bits per heavy atom. The van der Waals surface area contributed by atoms with Crippen LogP contribution in [0.5, 0.6) is 5.75 Å². The molecule has 0 N–H and O–H groups in total. The summed E-state index contributed by atoms with van der Waals surface area (Å²) in [5.41, 5.74) is -0.210. The van der Waals surface area contributed by atoms with E-state index in [0.29, 0.717) is 0 Å². The van der Waals surface area contributed by atoms with Crippen LogP contribution in [0.1, 0.15) is 20.8 Å². The lowest BCUT2D eigenvalue weighted by atomic mass is 9.97. The number of nitro benzene ring substituents is 1. The predicted molar refractivity (Wildman–Crippen MR) is 101 cm³/mol. The maximum atomic E-state index is 12.3. The zero-order valence-corrected chi connectivity index (χ0v) is 17.5. The predicted octanol–water partition coefficient (Wildman–Crippen LogP) is 0.667. The summed E-state index contributed by atoms with van der Waals surface area (Å²) in [5.74, 6) is -3.41. The minimum atomic E-state index is -1.61. The fourth-order valence-electron chi connectivity index (χ4n) is 2.96. The van der Waals surface area contributed by atoms with Crippen molar-refractivity contribution in [1.29, 1.82) is 0 Å². The highest BCUT2D eigenvalue weighted by molar-refractivity contribution is 5.77. The Kier molecular flexibility index (Phi) is 8.07. The van der Waals surface area contributed by atoms with E-state index in [1.807, 2.05) is 0 Å². The maximum absolute atomic E-state index is 12.3. The Labute approximate surface area is 181 Å². The number of carbonyl (C=O) groups is 4. The number of esters is 4. The smallest absolute Gasteiger partial charge is 0.339 e. The molecule has 5 atom stereocenters. The third-order valence-corrected chi connectivity index (χ3v) is 4.13. The van der Waals surface area contributed by atoms with E-state index in [-0.39, 0.29) is 11.4 Å². The summed E-state index contributed by atoms with van der Waals surface area (Å²) < 4.78 is 31.4. The Morgan fingerprint density at radius 2 is 1.38 bits per heavy atom. The minimum absolute atomic E-state index is 0.0499. The van der Waals surface area contributed by atoms with Crippen molar-refractivity contribution in [2.45, 2.75) is 51.5 Å². The van der Waals surface area contributed by atoms with Gasteiger partial charge in [-0.3, -0.25) is 24.5 Å². The topological polar surface area (TPSA) is 167 Å². The third-order valence-electron chi connectivity index (χ3n) is 4.13. The Balaban J connectivity index is 2.47. The lowest BCUT2D eigenvalue weighted by Gasteiger charge is -2.43. The molecule has 1 heterocycles. The zero-order valence-electron chi connectivity index (χ0n) is 17.5. The summed E-state index contributed by atoms with van der Waals surface area (Å²) in [6, 6.07) is 4.81. The number of carbonyl (C=O) groups excluding carboxylic acids is 4. The molecule has 0 radical (unpaired) electrons. The highest BCUT2D eigenvalue weighted by atomic mass is 16.7. The van der Waals surface area contributed by atoms with Gasteiger partial charge >= 0.3 is 23.9 Å². The lowest BCUT2D eigenvalue weighted by Crippen LogP contribution is -2.64. The van der Waals surface area contributed by atoms with Gasteiger partial charge in [-0.2, -0.15) is 0 Å². The molecule has 2 rings (SSSR count). The number of methoxy groups -OCH3 is 1. The van der Waals surface area contributed by atoms with E-state index in [0.717, 1.165) is 40.0 Å². The second-order valence-corrected chi connectivity index (χ2v) is 6.54. The van der Waals surface area contributed by atoms with E-state index >= 15 is 0 Å². The molecule has 1 aliphatic heterocycles. The summed E-state index contributed by atoms with van der Waals surface area (Å²) in [7, 11) is 1.06. The maximum Gasteiger partial charge on any atom is 0.339 e. The van der Waals surface area contributed by atoms with E-state index in [2.05, 4.69) is 4.74 Å². The molecule has 0 saturated carbocycles. The molecule has 1 aromatic rings. The number of nitrogens with zero attached hydrogens (tertiary/aromatic N) is 1. The minimum Gasteiger partial charge on any atom is -0.467 e. The highest BCUT2D eigenvalue weighted by Gasteiger charge is 2.55. The van der Waals surface area contributed by atoms with Crippen molar-refractivity contribution >= 4 is 29.6 Å². The van der Waals surface area contributed by atoms with Crippen molar-refractivity contribution < 1.29 is 52.5 Å². The van der Waals surface area contributed by atoms with E-state index in [1.165, 1.54) is 12.1 Å². The van der Waals surface area contributed by atoms with Crippen molar-refractivity contribution in [2.24, 2.45) is 0 Å². The summed E-state index contributed by atoms with van der Waals surface area (Å²) in [4.78, 5) is 57.6. The molecule has 1 aliphatic rings. The van der Waals surface area contributed by atoms with Crippen LogP contribution in [0.3, 0.4) is 0 Å². The van der Waals surface area contributed by atoms with Crippen molar-refractivity contribution in [1.82, 2.24) is 0 Å². The molecule has 1 aromatic carbocycles. The Bertz CT molecular complexity index is 883. The molecule has 0 aliphatic carbocycles. The van der Waals surface area contributed by atoms with Crippen LogP contribution in [0.4, 0.5) is 5.69 Å². The van der Waals surface area contributed by atoms with Gasteiger partial charge in [-0.1, -0.05) is 0 Å². The van der Waals surface area contributed by atoms with Gasteiger partial charge in [-0.15, -0.1) is 0 Å². The molecule has 0 unspecified atom stereocenters. The number of benzene rings is 1. The summed E-state index contributed by atoms with van der Waals surface area (Å²) in [6.45, 7) is 3.19. The van der Waals surface area contributed by atoms with Crippen molar-refractivity contribution in [3.8, 4) is 5.75 Å². The standard InChI is InChI=1S/C19H21NO12/c1-9(21)28-14-15(29-10(2)22)17(30-11(3)23)19(32-16(14)18(24)27-4)31-13-7-5-12(6-8-13)20(25)26/h5-8,14-17,19H,1-4H3/t14-,15-,16-,17+,19+/m1/s1. The first-order chi connectivity index (χ1) is 15.0. The van der Waals surface area contributed by atoms with Crippen molar-refractivity contribution in [3.05, 3.63) is 34.4 Å². The average Bonchev–Trinajstić information content (AvgIpc) is 2.70. The van der Waals surface area contributed by atoms with Crippen LogP contribution in [0.15, 0.2) is 24.3 Å². The van der Waals surface area contributed by atoms with Gasteiger partial charge < -0.3 is 28.4 Å². The van der Waals surface area contributed by atoms with Gasteiger partial charge in [-0.05, 0) is 12.1 Å². The Hall–Kier alpha value is -3.74. The molecule has 13 nitrogen and oxygen atoms in total. The number of hydrogen-bond acceptors (Lipinski definition) is 12. The highest BCUT2D eigenvalue weighted by Crippen LogP contribution is 2.31. The van der Waals surface area contributed by atoms with Gasteiger partial charge in [0.25, 0.3) is 5.69 Å². The molecule has 1 saturated heterocycles. The second kappa shape index (κ2) is 10.5. The molecule has 0 bridgehead atoms. The fourth-order valence-corrected chi connectivity index (χ4v) is 2.96. The van der Waals surface area contributed by atoms with Crippen LogP contribution in [0, 0.1) is 10.1 Å². The van der Waals surface area contributed by atoms with Crippen LogP contribution in [-0.2, 0) is 42.9 Å². The largest absolute Gasteiger partial charge is 0.467 e. The molecule has 174 valence electrons. The summed E-state index contributed by atoms with van der Waals surface area (Å²) in [5, 5.41) is 10.8. The van der Waals surface area contributed by atoms with Gasteiger partial charge in [0.2, 0.25) is 12.4 Å². The molecule has 0 aromatic heterocycles. The van der Waals surface area contributed by atoms with Crippen molar-refractivity contribution in [2.75, 3.05) is 7.11 Å². The first kappa shape index (κ1) is 24.5. The first-order valence-corrected chi connectivity index (χ1v) is 9.19. The average molecular weight is 455 g/mol. The number of non-ortho nitro benzene ring substituents is 1. The zero-order chi connectivity index (χ0) is 24.0. The third kappa shape index (κ3) is 6.14. The summed E-state index contributed by atoms with van der Waals surface area (Å²) in [6.07, 6.45) is -7.65. The number of rotatable bonds is 7. The Morgan fingerprint density at radius 3 is 1.84 bits per heavy atom. The van der Waals surface area contributed by atoms with E-state index in [1.54, 1.807) is 0 Å². The molecule has 32 heavy (non-hydrogen) atoms. The molecular formula is C19H21NO12. The molecule has 0 spiro atoms. The van der Waals surface area contributed by atoms with Crippen LogP contribution in [0.2, 0.25) is 0 Å². The van der Waals surface area contributed by atoms with Gasteiger partial charge in [-0.25, -0.2) is 4.79 Å². The fraction of sp³-hybridized carbons (Fsp3) is 0.474. The van der Waals surface area contributed by atoms with Crippen LogP contribution in [-0.4, -0.2) is 66.6 Å². The van der Waals surface area contributed by atoms with Gasteiger partial charge in [0.15, 0.2) is 18.3 Å². The van der Waals surface area contributed by atoms with Gasteiger partial charge in [0.1, 0.15) is 5.75 Å². The molecule has 13 heteroatoms. The SMILES string of the molecule is COC(=O)[C@@H]1O[C@H](Oc2ccc([N+](=O)[O-])cc2)[C@@H](OC(C)=O)[C@H](OC(C)=O)[C@H]1OC(C)=O. The number of hydrogen-bond donors (Lipinski definition) is 0. The second-order valence-electron chi connectivity index (χ2n) is 6.54. The monoisotopic (exact) mass is 455 g/mol. The lowest BCUT2D eigenvalue weighted by molar-refractivity contribution is -0.384. The molecular weight excluding hydrogens is 434 g/mol. The van der Waals surface area contributed by atoms with Crippen LogP contribution in [0.25, 0.3) is 0 Å². The summed E-state index contributed by atoms with van der Waals surface area (Å²) >= 11 is 0. The van der Waals surface area contributed by atoms with Gasteiger partial charge in [0, 0.05) is 32.9 Å². The van der Waals surface area contributed by atoms with E-state index in [9.17, 15) is 29.3 Å². The van der Waals surface area contributed by atoms with Crippen molar-refractivity contribution in [3.63, 3.8) is 0 Å². The number of nitro groups is 1. The first-order valence-electron chi connectivity index (χ1n) is 9.19. The quantitative estimate of drug-likeness (QED) is 0.244. The van der Waals surface area contributed by atoms with Gasteiger partial charge in [0.05, 0.1) is 12.0 Å². The normalized spacial score (nSPS) is 24.6. The van der Waals surface area contributed by atoms with E-state index < -0.39 is 59.5 Å².